The van der Waals surface area contributed by atoms with E-state index < -0.39 is 41.5 Å². The molecular weight excluding hydrogens is 499 g/mol. The van der Waals surface area contributed by atoms with Crippen LogP contribution in [0.2, 0.25) is 0 Å². The highest BCUT2D eigenvalue weighted by molar-refractivity contribution is 7.81. The second-order valence-corrected chi connectivity index (χ2v) is 8.97. The second-order valence-electron chi connectivity index (χ2n) is 8.61. The lowest BCUT2D eigenvalue weighted by Crippen LogP contribution is -2.55. The number of phenolic OH excluding ortho intramolecular Hbond substituents is 1. The first kappa shape index (κ1) is 25.7. The lowest BCUT2D eigenvalue weighted by molar-refractivity contribution is -0.137. The summed E-state index contributed by atoms with van der Waals surface area (Å²) in [7, 11) is 0. The Kier molecular flexibility index (Phi) is 6.83. The van der Waals surface area contributed by atoms with Crippen LogP contribution in [-0.4, -0.2) is 51.2 Å². The van der Waals surface area contributed by atoms with Crippen LogP contribution in [0, 0.1) is 11.3 Å². The average Bonchev–Trinajstić information content (AvgIpc) is 3.05. The molecule has 1 spiro atoms. The van der Waals surface area contributed by atoms with E-state index in [1.807, 2.05) is 0 Å². The first-order valence-electron chi connectivity index (χ1n) is 11.1. The molecule has 1 aliphatic carbocycles. The van der Waals surface area contributed by atoms with Crippen molar-refractivity contribution < 1.29 is 38.0 Å². The van der Waals surface area contributed by atoms with Crippen molar-refractivity contribution in [3.63, 3.8) is 0 Å². The van der Waals surface area contributed by atoms with Crippen LogP contribution in [0.25, 0.3) is 0 Å². The van der Waals surface area contributed by atoms with Crippen LogP contribution in [-0.2, 0) is 11.0 Å². The number of ether oxygens (including phenoxy) is 1. The number of amides is 1. The molecule has 8 nitrogen and oxygen atoms in total. The summed E-state index contributed by atoms with van der Waals surface area (Å²) in [5.74, 6) is -0.619. The fourth-order valence-electron chi connectivity index (χ4n) is 4.37. The molecule has 2 aliphatic rings. The van der Waals surface area contributed by atoms with Crippen LogP contribution in [0.15, 0.2) is 36.4 Å². The zero-order valence-electron chi connectivity index (χ0n) is 18.8. The molecular formula is C24H22F3N3O5S. The van der Waals surface area contributed by atoms with Gasteiger partial charge in [0.25, 0.3) is 5.91 Å². The lowest BCUT2D eigenvalue weighted by Gasteiger charge is -2.43. The number of carbonyl (C=O) groups excluding carboxylic acids is 1. The third-order valence-corrected chi connectivity index (χ3v) is 6.77. The van der Waals surface area contributed by atoms with Crippen LogP contribution in [0.3, 0.4) is 0 Å². The Morgan fingerprint density at radius 3 is 2.47 bits per heavy atom. The maximum absolute atomic E-state index is 13.6. The molecule has 1 aliphatic heterocycles. The predicted molar refractivity (Wildman–Crippen MR) is 127 cm³/mol. The van der Waals surface area contributed by atoms with Crippen LogP contribution in [0.4, 0.5) is 24.5 Å². The Bertz CT molecular complexity index is 1240. The van der Waals surface area contributed by atoms with Crippen molar-refractivity contribution in [1.82, 2.24) is 0 Å². The Labute approximate surface area is 209 Å². The molecule has 4 rings (SSSR count). The van der Waals surface area contributed by atoms with Gasteiger partial charge in [-0.15, -0.1) is 0 Å². The van der Waals surface area contributed by atoms with Crippen LogP contribution in [0.1, 0.15) is 36.8 Å². The van der Waals surface area contributed by atoms with Gasteiger partial charge in [0.1, 0.15) is 5.54 Å². The van der Waals surface area contributed by atoms with Crippen molar-refractivity contribution >= 4 is 34.6 Å². The summed E-state index contributed by atoms with van der Waals surface area (Å²) in [5, 5.41) is 37.7. The predicted octanol–water partition coefficient (Wildman–Crippen LogP) is 3.47. The number of benzene rings is 2. The molecule has 2 aromatic carbocycles. The first-order valence-corrected chi connectivity index (χ1v) is 11.5. The monoisotopic (exact) mass is 521 g/mol. The Morgan fingerprint density at radius 1 is 1.19 bits per heavy atom. The molecule has 1 unspecified atom stereocenters. The number of aliphatic hydroxyl groups is 2. The van der Waals surface area contributed by atoms with E-state index in [1.54, 1.807) is 4.90 Å². The number of nitriles is 1. The summed E-state index contributed by atoms with van der Waals surface area (Å²) in [5.41, 5.74) is -2.52. The third-order valence-electron chi connectivity index (χ3n) is 6.40. The normalized spacial score (nSPS) is 17.8. The van der Waals surface area contributed by atoms with Gasteiger partial charge in [0.2, 0.25) is 0 Å². The fraction of sp³-hybridized carbons (Fsp3) is 0.375. The van der Waals surface area contributed by atoms with Gasteiger partial charge in [0.05, 0.1) is 42.2 Å². The van der Waals surface area contributed by atoms with Crippen molar-refractivity contribution in [2.24, 2.45) is 0 Å². The van der Waals surface area contributed by atoms with E-state index in [-0.39, 0.29) is 35.3 Å². The molecule has 0 aromatic heterocycles. The maximum Gasteiger partial charge on any atom is 0.417 e. The number of alkyl halides is 3. The van der Waals surface area contributed by atoms with Crippen LogP contribution >= 0.6 is 12.2 Å². The molecule has 0 radical (unpaired) electrons. The summed E-state index contributed by atoms with van der Waals surface area (Å²) < 4.78 is 46.2. The lowest BCUT2D eigenvalue weighted by atomic mass is 9.75. The molecule has 2 fully saturated rings. The number of hydrogen-bond acceptors (Lipinski definition) is 7. The van der Waals surface area contributed by atoms with Crippen molar-refractivity contribution in [1.29, 1.82) is 5.26 Å². The number of aromatic hydroxyl groups is 1. The number of phenols is 1. The highest BCUT2D eigenvalue weighted by atomic mass is 32.1. The van der Waals surface area contributed by atoms with Gasteiger partial charge in [0, 0.05) is 18.2 Å². The molecule has 1 amide bonds. The smallest absolute Gasteiger partial charge is 0.417 e. The minimum Gasteiger partial charge on any atom is -0.504 e. The quantitative estimate of drug-likeness (QED) is 0.475. The summed E-state index contributed by atoms with van der Waals surface area (Å²) in [4.78, 5) is 16.2. The number of anilines is 2. The molecule has 190 valence electrons. The Balaban J connectivity index is 1.71. The number of nitrogens with zero attached hydrogens (tertiary/aromatic N) is 3. The van der Waals surface area contributed by atoms with E-state index in [9.17, 15) is 28.2 Å². The van der Waals surface area contributed by atoms with Gasteiger partial charge < -0.3 is 25.0 Å². The van der Waals surface area contributed by atoms with Gasteiger partial charge in [-0.05, 0) is 61.8 Å². The van der Waals surface area contributed by atoms with E-state index in [2.05, 4.69) is 0 Å². The maximum atomic E-state index is 13.6. The molecule has 1 saturated carbocycles. The highest BCUT2D eigenvalue weighted by Gasteiger charge is 2.59. The van der Waals surface area contributed by atoms with Gasteiger partial charge in [-0.3, -0.25) is 9.69 Å². The molecule has 36 heavy (non-hydrogen) atoms. The van der Waals surface area contributed by atoms with Crippen molar-refractivity contribution in [2.75, 3.05) is 23.0 Å². The number of aliphatic hydroxyl groups excluding tert-OH is 2. The third kappa shape index (κ3) is 4.34. The Hall–Kier alpha value is -3.40. The first-order chi connectivity index (χ1) is 17.0. The number of thiocarbonyl (C=S) groups is 1. The molecule has 1 atom stereocenters. The van der Waals surface area contributed by atoms with Gasteiger partial charge in [0.15, 0.2) is 16.6 Å². The van der Waals surface area contributed by atoms with Gasteiger partial charge in [-0.25, -0.2) is 0 Å². The standard InChI is InChI=1S/C24H22F3N3O5S/c25-24(26,27)18-10-15(3-2-14(18)12-28)29-21(34)23(7-1-8-23)30(22(29)36)16-4-5-19(33)20(11-16)35-9-6-17(32)13-31/h2-5,10-11,17,31-33H,1,6-9,13H2. The largest absolute Gasteiger partial charge is 0.504 e. The summed E-state index contributed by atoms with van der Waals surface area (Å²) in [6.07, 6.45) is -4.12. The highest BCUT2D eigenvalue weighted by Crippen LogP contribution is 2.49. The van der Waals surface area contributed by atoms with Gasteiger partial charge in [-0.1, -0.05) is 0 Å². The molecule has 1 saturated heterocycles. The van der Waals surface area contributed by atoms with Crippen molar-refractivity contribution in [2.45, 2.75) is 43.5 Å². The molecule has 3 N–H and O–H groups in total. The zero-order valence-corrected chi connectivity index (χ0v) is 19.6. The van der Waals surface area contributed by atoms with E-state index in [1.165, 1.54) is 30.3 Å². The summed E-state index contributed by atoms with van der Waals surface area (Å²) in [6, 6.07) is 8.86. The SMILES string of the molecule is N#Cc1ccc(N2C(=O)C3(CCC3)N(c3ccc(O)c(OCCC(O)CO)c3)C2=S)cc1C(F)(F)F. The van der Waals surface area contributed by atoms with E-state index >= 15 is 0 Å². The van der Waals surface area contributed by atoms with E-state index in [4.69, 9.17) is 27.3 Å². The topological polar surface area (TPSA) is 117 Å². The molecule has 12 heteroatoms. The number of carbonyl (C=O) groups is 1. The number of halogens is 3. The summed E-state index contributed by atoms with van der Waals surface area (Å²) >= 11 is 5.58. The summed E-state index contributed by atoms with van der Waals surface area (Å²) in [6.45, 7) is -0.450. The fourth-order valence-corrected chi connectivity index (χ4v) is 4.83. The van der Waals surface area contributed by atoms with Crippen LogP contribution < -0.4 is 14.5 Å². The minimum absolute atomic E-state index is 0.00908. The molecule has 0 bridgehead atoms. The van der Waals surface area contributed by atoms with Gasteiger partial charge >= 0.3 is 6.18 Å². The van der Waals surface area contributed by atoms with Crippen molar-refractivity contribution in [3.05, 3.63) is 47.5 Å². The number of rotatable bonds is 7. The Morgan fingerprint density at radius 2 is 1.89 bits per heavy atom. The second kappa shape index (κ2) is 9.57. The molecule has 2 aromatic rings. The minimum atomic E-state index is -4.80. The van der Waals surface area contributed by atoms with Crippen molar-refractivity contribution in [3.8, 4) is 17.6 Å². The van der Waals surface area contributed by atoms with E-state index in [0.29, 0.717) is 24.9 Å². The van der Waals surface area contributed by atoms with Gasteiger partial charge in [-0.2, -0.15) is 18.4 Å². The van der Waals surface area contributed by atoms with E-state index in [0.717, 1.165) is 17.0 Å². The molecule has 1 heterocycles. The number of hydrogen-bond donors (Lipinski definition) is 3. The zero-order chi connectivity index (χ0) is 26.3. The average molecular weight is 522 g/mol. The van der Waals surface area contributed by atoms with Crippen LogP contribution in [0.5, 0.6) is 11.5 Å².